The summed E-state index contributed by atoms with van der Waals surface area (Å²) in [7, 11) is 2.47. The molecule has 1 N–H and O–H groups in total. The smallest absolute Gasteiger partial charge is 0.330 e. The number of carbonyl (C=O) groups is 3. The molecule has 0 saturated carbocycles. The third kappa shape index (κ3) is 4.87. The van der Waals surface area contributed by atoms with Gasteiger partial charge in [-0.05, 0) is 18.6 Å². The Morgan fingerprint density at radius 1 is 1.12 bits per heavy atom. The SMILES string of the molecule is COC(=O)/C=C/C[C@H](NC(=O)c1ccc2ccccc2n1)C(=O)OC. The highest BCUT2D eigenvalue weighted by Gasteiger charge is 2.21. The molecular weight excluding hydrogens is 324 g/mol. The number of aromatic nitrogens is 1. The Kier molecular flexibility index (Phi) is 6.22. The number of carbonyl (C=O) groups excluding carboxylic acids is 3. The molecule has 0 saturated heterocycles. The second-order valence-corrected chi connectivity index (χ2v) is 5.10. The van der Waals surface area contributed by atoms with Crippen molar-refractivity contribution in [1.82, 2.24) is 10.3 Å². The van der Waals surface area contributed by atoms with Crippen molar-refractivity contribution in [3.05, 3.63) is 54.2 Å². The molecule has 1 aromatic heterocycles. The van der Waals surface area contributed by atoms with Crippen LogP contribution in [0, 0.1) is 0 Å². The molecule has 7 heteroatoms. The van der Waals surface area contributed by atoms with Crippen LogP contribution in [0.4, 0.5) is 0 Å². The van der Waals surface area contributed by atoms with Gasteiger partial charge >= 0.3 is 11.9 Å². The van der Waals surface area contributed by atoms with Crippen molar-refractivity contribution in [1.29, 1.82) is 0 Å². The minimum atomic E-state index is -0.938. The number of pyridine rings is 1. The first-order chi connectivity index (χ1) is 12.0. The summed E-state index contributed by atoms with van der Waals surface area (Å²) in [6.07, 6.45) is 2.69. The predicted octanol–water partition coefficient (Wildman–Crippen LogP) is 1.63. The number of hydrogen-bond donors (Lipinski definition) is 1. The first kappa shape index (κ1) is 18.1. The molecule has 0 fully saturated rings. The highest BCUT2D eigenvalue weighted by Crippen LogP contribution is 2.12. The van der Waals surface area contributed by atoms with Gasteiger partial charge in [0.25, 0.3) is 5.91 Å². The molecule has 0 spiro atoms. The van der Waals surface area contributed by atoms with E-state index >= 15 is 0 Å². The van der Waals surface area contributed by atoms with Gasteiger partial charge in [0, 0.05) is 11.5 Å². The first-order valence-corrected chi connectivity index (χ1v) is 7.54. The molecule has 0 unspecified atom stereocenters. The van der Waals surface area contributed by atoms with E-state index in [2.05, 4.69) is 19.8 Å². The molecule has 0 aliphatic carbocycles. The van der Waals surface area contributed by atoms with Gasteiger partial charge in [0.2, 0.25) is 0 Å². The number of benzene rings is 1. The fourth-order valence-electron chi connectivity index (χ4n) is 2.15. The fraction of sp³-hybridized carbons (Fsp3) is 0.222. The Balaban J connectivity index is 2.12. The number of esters is 2. The minimum absolute atomic E-state index is 0.0844. The van der Waals surface area contributed by atoms with Crippen LogP contribution in [0.1, 0.15) is 16.9 Å². The summed E-state index contributed by atoms with van der Waals surface area (Å²) in [4.78, 5) is 39.6. The summed E-state index contributed by atoms with van der Waals surface area (Å²) < 4.78 is 9.15. The van der Waals surface area contributed by atoms with E-state index in [1.54, 1.807) is 18.2 Å². The van der Waals surface area contributed by atoms with Crippen molar-refractivity contribution >= 4 is 28.7 Å². The summed E-state index contributed by atoms with van der Waals surface area (Å²) in [6, 6.07) is 9.81. The van der Waals surface area contributed by atoms with Gasteiger partial charge in [-0.1, -0.05) is 30.3 Å². The van der Waals surface area contributed by atoms with Crippen molar-refractivity contribution in [2.45, 2.75) is 12.5 Å². The summed E-state index contributed by atoms with van der Waals surface area (Å²) in [5.41, 5.74) is 0.861. The first-order valence-electron chi connectivity index (χ1n) is 7.54. The van der Waals surface area contributed by atoms with E-state index in [0.29, 0.717) is 5.52 Å². The van der Waals surface area contributed by atoms with E-state index in [0.717, 1.165) is 5.39 Å². The van der Waals surface area contributed by atoms with Crippen LogP contribution in [-0.4, -0.2) is 43.1 Å². The zero-order valence-corrected chi connectivity index (χ0v) is 13.9. The molecule has 1 atom stereocenters. The number of methoxy groups -OCH3 is 2. The Morgan fingerprint density at radius 3 is 2.60 bits per heavy atom. The molecular formula is C18H18N2O5. The lowest BCUT2D eigenvalue weighted by Gasteiger charge is -2.14. The monoisotopic (exact) mass is 342 g/mol. The van der Waals surface area contributed by atoms with Gasteiger partial charge in [-0.3, -0.25) is 4.79 Å². The second kappa shape index (κ2) is 8.58. The molecule has 7 nitrogen and oxygen atoms in total. The summed E-state index contributed by atoms with van der Waals surface area (Å²) >= 11 is 0. The normalized spacial score (nSPS) is 11.9. The molecule has 25 heavy (non-hydrogen) atoms. The average molecular weight is 342 g/mol. The molecule has 0 bridgehead atoms. The lowest BCUT2D eigenvalue weighted by atomic mass is 10.1. The van der Waals surface area contributed by atoms with E-state index < -0.39 is 23.9 Å². The molecule has 130 valence electrons. The van der Waals surface area contributed by atoms with Gasteiger partial charge in [0.15, 0.2) is 0 Å². The van der Waals surface area contributed by atoms with Crippen LogP contribution in [-0.2, 0) is 19.1 Å². The Hall–Kier alpha value is -3.22. The Labute approximate surface area is 144 Å². The van der Waals surface area contributed by atoms with Crippen molar-refractivity contribution < 1.29 is 23.9 Å². The van der Waals surface area contributed by atoms with Gasteiger partial charge < -0.3 is 14.8 Å². The maximum Gasteiger partial charge on any atom is 0.330 e. The molecule has 1 heterocycles. The summed E-state index contributed by atoms with van der Waals surface area (Å²) in [5.74, 6) is -1.68. The van der Waals surface area contributed by atoms with Crippen LogP contribution < -0.4 is 5.32 Å². The minimum Gasteiger partial charge on any atom is -0.467 e. The number of nitrogens with one attached hydrogen (secondary N) is 1. The Bertz CT molecular complexity index is 816. The highest BCUT2D eigenvalue weighted by atomic mass is 16.5. The summed E-state index contributed by atoms with van der Waals surface area (Å²) in [5, 5.41) is 3.47. The van der Waals surface area contributed by atoms with Crippen LogP contribution in [0.5, 0.6) is 0 Å². The van der Waals surface area contributed by atoms with Gasteiger partial charge in [0.05, 0.1) is 19.7 Å². The number of amides is 1. The molecule has 2 aromatic rings. The molecule has 1 amide bonds. The molecule has 0 radical (unpaired) electrons. The number of hydrogen-bond acceptors (Lipinski definition) is 6. The van der Waals surface area contributed by atoms with E-state index in [4.69, 9.17) is 0 Å². The van der Waals surface area contributed by atoms with Crippen LogP contribution >= 0.6 is 0 Å². The van der Waals surface area contributed by atoms with Crippen LogP contribution in [0.15, 0.2) is 48.6 Å². The summed E-state index contributed by atoms with van der Waals surface area (Å²) in [6.45, 7) is 0. The van der Waals surface area contributed by atoms with Crippen molar-refractivity contribution in [3.63, 3.8) is 0 Å². The van der Waals surface area contributed by atoms with E-state index in [1.807, 2.05) is 18.2 Å². The number of nitrogens with zero attached hydrogens (tertiary/aromatic N) is 1. The quantitative estimate of drug-likeness (QED) is 0.633. The zero-order chi connectivity index (χ0) is 18.2. The van der Waals surface area contributed by atoms with E-state index in [9.17, 15) is 14.4 Å². The van der Waals surface area contributed by atoms with Crippen molar-refractivity contribution in [3.8, 4) is 0 Å². The third-order valence-electron chi connectivity index (χ3n) is 3.45. The predicted molar refractivity (Wildman–Crippen MR) is 90.8 cm³/mol. The van der Waals surface area contributed by atoms with Crippen molar-refractivity contribution in [2.75, 3.05) is 14.2 Å². The fourth-order valence-corrected chi connectivity index (χ4v) is 2.15. The lowest BCUT2D eigenvalue weighted by Crippen LogP contribution is -2.41. The van der Waals surface area contributed by atoms with Crippen molar-refractivity contribution in [2.24, 2.45) is 0 Å². The number of para-hydroxylation sites is 1. The van der Waals surface area contributed by atoms with Crippen LogP contribution in [0.2, 0.25) is 0 Å². The average Bonchev–Trinajstić information content (AvgIpc) is 2.65. The van der Waals surface area contributed by atoms with Crippen LogP contribution in [0.25, 0.3) is 10.9 Å². The molecule has 1 aromatic carbocycles. The zero-order valence-electron chi connectivity index (χ0n) is 13.9. The maximum absolute atomic E-state index is 12.4. The lowest BCUT2D eigenvalue weighted by molar-refractivity contribution is -0.143. The number of rotatable bonds is 6. The highest BCUT2D eigenvalue weighted by molar-refractivity contribution is 5.97. The largest absolute Gasteiger partial charge is 0.467 e. The van der Waals surface area contributed by atoms with Crippen LogP contribution in [0.3, 0.4) is 0 Å². The Morgan fingerprint density at radius 2 is 1.88 bits per heavy atom. The second-order valence-electron chi connectivity index (χ2n) is 5.10. The molecule has 2 rings (SSSR count). The van der Waals surface area contributed by atoms with Gasteiger partial charge in [-0.25, -0.2) is 14.6 Å². The van der Waals surface area contributed by atoms with Gasteiger partial charge in [-0.2, -0.15) is 0 Å². The molecule has 0 aliphatic rings. The molecule has 0 aliphatic heterocycles. The number of fused-ring (bicyclic) bond motifs is 1. The van der Waals surface area contributed by atoms with E-state index in [1.165, 1.54) is 26.4 Å². The van der Waals surface area contributed by atoms with Gasteiger partial charge in [-0.15, -0.1) is 0 Å². The van der Waals surface area contributed by atoms with E-state index in [-0.39, 0.29) is 12.1 Å². The third-order valence-corrected chi connectivity index (χ3v) is 3.45. The van der Waals surface area contributed by atoms with Gasteiger partial charge in [0.1, 0.15) is 11.7 Å². The number of ether oxygens (including phenoxy) is 2. The topological polar surface area (TPSA) is 94.6 Å². The maximum atomic E-state index is 12.4. The standard InChI is InChI=1S/C18H18N2O5/c1-24-16(21)9-5-8-15(18(23)25-2)20-17(22)14-11-10-12-6-3-4-7-13(12)19-14/h3-7,9-11,15H,8H2,1-2H3,(H,20,22)/b9-5+/t15-/m0/s1.